The number of hydrogen-bond acceptors (Lipinski definition) is 4. The summed E-state index contributed by atoms with van der Waals surface area (Å²) in [5.41, 5.74) is 2.33. The first-order chi connectivity index (χ1) is 12.5. The van der Waals surface area contributed by atoms with Crippen LogP contribution in [0.25, 0.3) is 11.3 Å². The van der Waals surface area contributed by atoms with Gasteiger partial charge in [0.1, 0.15) is 28.9 Å². The molecule has 0 saturated carbocycles. The quantitative estimate of drug-likeness (QED) is 0.720. The maximum Gasteiger partial charge on any atom is 0.144 e. The number of ether oxygens (including phenoxy) is 1. The van der Waals surface area contributed by atoms with Gasteiger partial charge in [0.05, 0.1) is 29.2 Å². The van der Waals surface area contributed by atoms with E-state index in [0.717, 1.165) is 5.56 Å². The number of rotatable bonds is 3. The van der Waals surface area contributed by atoms with E-state index in [-0.39, 0.29) is 17.5 Å². The van der Waals surface area contributed by atoms with Gasteiger partial charge in [-0.25, -0.2) is 13.8 Å². The van der Waals surface area contributed by atoms with E-state index in [2.05, 4.69) is 20.5 Å². The lowest BCUT2D eigenvalue weighted by atomic mass is 10.1. The fraction of sp³-hybridized carbons (Fsp3) is 0.158. The van der Waals surface area contributed by atoms with Crippen molar-refractivity contribution in [3.63, 3.8) is 0 Å². The van der Waals surface area contributed by atoms with E-state index in [1.807, 2.05) is 26.0 Å². The van der Waals surface area contributed by atoms with Crippen molar-refractivity contribution in [2.45, 2.75) is 20.0 Å². The van der Waals surface area contributed by atoms with Crippen LogP contribution in [0.2, 0.25) is 0 Å². The lowest BCUT2D eigenvalue weighted by molar-refractivity contribution is 0.242. The average Bonchev–Trinajstić information content (AvgIpc) is 2.96. The number of benzene rings is 2. The first-order valence-corrected chi connectivity index (χ1v) is 8.17. The van der Waals surface area contributed by atoms with Crippen LogP contribution >= 0.6 is 0 Å². The molecule has 2 aromatic carbocycles. The zero-order valence-electron chi connectivity index (χ0n) is 14.2. The highest BCUT2D eigenvalue weighted by Crippen LogP contribution is 2.39. The summed E-state index contributed by atoms with van der Waals surface area (Å²) in [7, 11) is 0. The Balaban J connectivity index is 1.88. The van der Waals surface area contributed by atoms with Crippen molar-refractivity contribution in [1.29, 1.82) is 0 Å². The standard InChI is InChI=1S/C19H16F2N4O/c1-10(2)26-11-6-7-12-15(8-11)23-19(24-16-9-22-25-18(12)16)17-13(20)4-3-5-14(17)21/h3-10H,1-2H3,(H,22,25)(H,23,24). The van der Waals surface area contributed by atoms with Gasteiger partial charge in [-0.05, 0) is 38.1 Å². The molecule has 26 heavy (non-hydrogen) atoms. The largest absolute Gasteiger partial charge is 0.491 e. The number of aromatic amines is 1. The van der Waals surface area contributed by atoms with Crippen LogP contribution in [-0.2, 0) is 0 Å². The summed E-state index contributed by atoms with van der Waals surface area (Å²) in [6, 6.07) is 9.18. The van der Waals surface area contributed by atoms with Gasteiger partial charge in [-0.1, -0.05) is 6.07 Å². The fourth-order valence-electron chi connectivity index (χ4n) is 2.87. The molecule has 132 valence electrons. The molecule has 7 heteroatoms. The molecule has 5 nitrogen and oxygen atoms in total. The molecule has 0 bridgehead atoms. The van der Waals surface area contributed by atoms with Crippen LogP contribution in [0.4, 0.5) is 20.2 Å². The van der Waals surface area contributed by atoms with E-state index < -0.39 is 11.6 Å². The Morgan fingerprint density at radius 3 is 2.58 bits per heavy atom. The molecule has 4 rings (SSSR count). The van der Waals surface area contributed by atoms with E-state index in [4.69, 9.17) is 4.74 Å². The number of amidine groups is 1. The normalized spacial score (nSPS) is 12.7. The van der Waals surface area contributed by atoms with Crippen molar-refractivity contribution < 1.29 is 13.5 Å². The van der Waals surface area contributed by atoms with Gasteiger partial charge >= 0.3 is 0 Å². The lowest BCUT2D eigenvalue weighted by Crippen LogP contribution is -2.17. The summed E-state index contributed by atoms with van der Waals surface area (Å²) in [6.45, 7) is 3.85. The van der Waals surface area contributed by atoms with E-state index in [9.17, 15) is 8.78 Å². The molecule has 0 atom stereocenters. The number of aromatic nitrogens is 2. The molecule has 1 aromatic heterocycles. The number of hydrogen-bond donors (Lipinski definition) is 2. The maximum atomic E-state index is 14.3. The van der Waals surface area contributed by atoms with Crippen molar-refractivity contribution in [3.05, 3.63) is 59.8 Å². The van der Waals surface area contributed by atoms with E-state index >= 15 is 0 Å². The smallest absolute Gasteiger partial charge is 0.144 e. The molecule has 0 spiro atoms. The Kier molecular flexibility index (Phi) is 3.91. The van der Waals surface area contributed by atoms with Crippen molar-refractivity contribution in [1.82, 2.24) is 10.2 Å². The molecule has 2 N–H and O–H groups in total. The van der Waals surface area contributed by atoms with Gasteiger partial charge in [0.15, 0.2) is 0 Å². The maximum absolute atomic E-state index is 14.3. The summed E-state index contributed by atoms with van der Waals surface area (Å²) in [4.78, 5) is 4.39. The molecule has 3 aromatic rings. The molecule has 2 heterocycles. The van der Waals surface area contributed by atoms with Gasteiger partial charge < -0.3 is 10.1 Å². The SMILES string of the molecule is CC(C)Oc1ccc2c(c1)NC(c1c(F)cccc1F)=Nc1cn[nH]c1-2. The minimum atomic E-state index is -0.695. The van der Waals surface area contributed by atoms with Gasteiger partial charge in [-0.3, -0.25) is 5.10 Å². The first-order valence-electron chi connectivity index (χ1n) is 8.17. The van der Waals surface area contributed by atoms with Crippen LogP contribution in [0, 0.1) is 11.6 Å². The molecular weight excluding hydrogens is 338 g/mol. The zero-order valence-corrected chi connectivity index (χ0v) is 14.2. The summed E-state index contributed by atoms with van der Waals surface area (Å²) in [5.74, 6) is -0.676. The summed E-state index contributed by atoms with van der Waals surface area (Å²) >= 11 is 0. The van der Waals surface area contributed by atoms with Crippen LogP contribution in [0.1, 0.15) is 19.4 Å². The lowest BCUT2D eigenvalue weighted by Gasteiger charge is -2.15. The number of nitrogens with zero attached hydrogens (tertiary/aromatic N) is 2. The third-order valence-corrected chi connectivity index (χ3v) is 3.94. The Morgan fingerprint density at radius 1 is 1.08 bits per heavy atom. The fourth-order valence-corrected chi connectivity index (χ4v) is 2.87. The Labute approximate surface area is 148 Å². The predicted molar refractivity (Wildman–Crippen MR) is 96.0 cm³/mol. The summed E-state index contributed by atoms with van der Waals surface area (Å²) < 4.78 is 34.3. The highest BCUT2D eigenvalue weighted by Gasteiger charge is 2.23. The minimum absolute atomic E-state index is 0.00121. The second kappa shape index (κ2) is 6.25. The third-order valence-electron chi connectivity index (χ3n) is 3.94. The van der Waals surface area contributed by atoms with Gasteiger partial charge in [-0.15, -0.1) is 0 Å². The van der Waals surface area contributed by atoms with Gasteiger partial charge in [0.2, 0.25) is 0 Å². The average molecular weight is 354 g/mol. The second-order valence-electron chi connectivity index (χ2n) is 6.19. The van der Waals surface area contributed by atoms with Crippen molar-refractivity contribution in [2.75, 3.05) is 5.32 Å². The molecule has 1 aliphatic rings. The highest BCUT2D eigenvalue weighted by molar-refractivity contribution is 6.13. The van der Waals surface area contributed by atoms with E-state index in [0.29, 0.717) is 22.8 Å². The highest BCUT2D eigenvalue weighted by atomic mass is 19.1. The van der Waals surface area contributed by atoms with Crippen LogP contribution in [0.15, 0.2) is 47.6 Å². The molecule has 0 unspecified atom stereocenters. The Morgan fingerprint density at radius 2 is 1.85 bits per heavy atom. The Hall–Kier alpha value is -3.22. The van der Waals surface area contributed by atoms with E-state index in [1.54, 1.807) is 6.07 Å². The predicted octanol–water partition coefficient (Wildman–Crippen LogP) is 4.65. The Bertz CT molecular complexity index is 990. The second-order valence-corrected chi connectivity index (χ2v) is 6.19. The van der Waals surface area contributed by atoms with Crippen LogP contribution in [0.3, 0.4) is 0 Å². The summed E-state index contributed by atoms with van der Waals surface area (Å²) in [6.07, 6.45) is 1.52. The first kappa shape index (κ1) is 16.3. The van der Waals surface area contributed by atoms with Crippen LogP contribution in [-0.4, -0.2) is 22.1 Å². The van der Waals surface area contributed by atoms with E-state index in [1.165, 1.54) is 24.4 Å². The molecule has 0 aliphatic carbocycles. The molecule has 0 saturated heterocycles. The van der Waals surface area contributed by atoms with Crippen LogP contribution < -0.4 is 10.1 Å². The third kappa shape index (κ3) is 2.81. The molecule has 1 aliphatic heterocycles. The van der Waals surface area contributed by atoms with Gasteiger partial charge in [0.25, 0.3) is 0 Å². The molecule has 0 fully saturated rings. The van der Waals surface area contributed by atoms with Crippen molar-refractivity contribution in [3.8, 4) is 17.0 Å². The van der Waals surface area contributed by atoms with Crippen LogP contribution in [0.5, 0.6) is 5.75 Å². The number of halogens is 2. The topological polar surface area (TPSA) is 62.3 Å². The van der Waals surface area contributed by atoms with Crippen molar-refractivity contribution in [2.24, 2.45) is 4.99 Å². The number of aliphatic imine (C=N–C) groups is 1. The number of H-pyrrole nitrogens is 1. The minimum Gasteiger partial charge on any atom is -0.491 e. The number of fused-ring (bicyclic) bond motifs is 3. The molecular formula is C19H16F2N4O. The zero-order chi connectivity index (χ0) is 18.3. The van der Waals surface area contributed by atoms with Gasteiger partial charge in [-0.2, -0.15) is 5.10 Å². The van der Waals surface area contributed by atoms with Gasteiger partial charge in [0, 0.05) is 11.6 Å². The molecule has 0 radical (unpaired) electrons. The molecule has 0 amide bonds. The van der Waals surface area contributed by atoms with Crippen molar-refractivity contribution >= 4 is 17.2 Å². The number of nitrogens with one attached hydrogen (secondary N) is 2. The monoisotopic (exact) mass is 354 g/mol. The number of anilines is 1. The summed E-state index contributed by atoms with van der Waals surface area (Å²) in [5, 5.41) is 9.95.